The highest BCUT2D eigenvalue weighted by molar-refractivity contribution is 5.99. The quantitative estimate of drug-likeness (QED) is 0.347. The van der Waals surface area contributed by atoms with E-state index in [0.717, 1.165) is 5.56 Å². The van der Waals surface area contributed by atoms with Gasteiger partial charge in [0.15, 0.2) is 0 Å². The van der Waals surface area contributed by atoms with Crippen molar-refractivity contribution < 1.29 is 23.5 Å². The summed E-state index contributed by atoms with van der Waals surface area (Å²) in [5, 5.41) is 2.81. The molecule has 4 rings (SSSR count). The Balaban J connectivity index is 1.60. The lowest BCUT2D eigenvalue weighted by Crippen LogP contribution is -2.40. The topological polar surface area (TPSA) is 85.7 Å². The molecule has 1 aromatic heterocycles. The molecule has 0 saturated carbocycles. The summed E-state index contributed by atoms with van der Waals surface area (Å²) in [6.45, 7) is 0.310. The van der Waals surface area contributed by atoms with Crippen LogP contribution in [0.5, 0.6) is 5.75 Å². The predicted molar refractivity (Wildman–Crippen MR) is 138 cm³/mol. The van der Waals surface area contributed by atoms with Crippen molar-refractivity contribution in [3.05, 3.63) is 96.4 Å². The van der Waals surface area contributed by atoms with E-state index in [0.29, 0.717) is 22.7 Å². The van der Waals surface area contributed by atoms with Gasteiger partial charge in [-0.1, -0.05) is 18.2 Å². The molecule has 0 fully saturated rings. The SMILES string of the molecule is COCCN(CC(=O)Nc1nc(-c2ccc(OC)cc2)cn1-c1ccc(F)cc1)C(=O)c1ccccc1. The molecule has 4 aromatic rings. The average Bonchev–Trinajstić information content (AvgIpc) is 3.35. The molecule has 190 valence electrons. The lowest BCUT2D eigenvalue weighted by atomic mass is 10.1. The molecule has 0 saturated heterocycles. The summed E-state index contributed by atoms with van der Waals surface area (Å²) in [7, 11) is 3.12. The van der Waals surface area contributed by atoms with E-state index in [4.69, 9.17) is 9.47 Å². The van der Waals surface area contributed by atoms with Gasteiger partial charge in [0.25, 0.3) is 5.91 Å². The molecular weight excluding hydrogens is 475 g/mol. The number of anilines is 1. The molecule has 1 N–H and O–H groups in total. The minimum absolute atomic E-state index is 0.203. The maximum absolute atomic E-state index is 13.6. The van der Waals surface area contributed by atoms with Crippen LogP contribution in [-0.4, -0.2) is 60.2 Å². The fraction of sp³-hybridized carbons (Fsp3) is 0.179. The Labute approximate surface area is 214 Å². The lowest BCUT2D eigenvalue weighted by molar-refractivity contribution is -0.117. The summed E-state index contributed by atoms with van der Waals surface area (Å²) in [5.41, 5.74) is 2.48. The van der Waals surface area contributed by atoms with Crippen molar-refractivity contribution in [1.29, 1.82) is 0 Å². The first-order chi connectivity index (χ1) is 18.0. The number of amides is 2. The number of nitrogens with zero attached hydrogens (tertiary/aromatic N) is 3. The van der Waals surface area contributed by atoms with Crippen LogP contribution in [0, 0.1) is 5.82 Å². The number of nitrogens with one attached hydrogen (secondary N) is 1. The van der Waals surface area contributed by atoms with E-state index in [2.05, 4.69) is 10.3 Å². The molecule has 1 heterocycles. The number of halogens is 1. The molecule has 0 aliphatic heterocycles. The van der Waals surface area contributed by atoms with Gasteiger partial charge in [0.05, 0.1) is 19.4 Å². The second kappa shape index (κ2) is 12.0. The fourth-order valence-corrected chi connectivity index (χ4v) is 3.72. The van der Waals surface area contributed by atoms with Gasteiger partial charge < -0.3 is 14.4 Å². The Morgan fingerprint density at radius 1 is 0.973 bits per heavy atom. The molecule has 9 heteroatoms. The van der Waals surface area contributed by atoms with Crippen molar-refractivity contribution >= 4 is 17.8 Å². The van der Waals surface area contributed by atoms with Crippen LogP contribution < -0.4 is 10.1 Å². The minimum atomic E-state index is -0.435. The first-order valence-electron chi connectivity index (χ1n) is 11.6. The second-order valence-corrected chi connectivity index (χ2v) is 8.16. The number of hydrogen-bond donors (Lipinski definition) is 1. The molecule has 8 nitrogen and oxygen atoms in total. The zero-order valence-electron chi connectivity index (χ0n) is 20.6. The third-order valence-electron chi connectivity index (χ3n) is 5.66. The summed E-state index contributed by atoms with van der Waals surface area (Å²) < 4.78 is 25.6. The number of carbonyl (C=O) groups is 2. The van der Waals surface area contributed by atoms with Crippen LogP contribution >= 0.6 is 0 Å². The van der Waals surface area contributed by atoms with Gasteiger partial charge in [-0.15, -0.1) is 0 Å². The van der Waals surface area contributed by atoms with Crippen LogP contribution in [0.1, 0.15) is 10.4 Å². The summed E-state index contributed by atoms with van der Waals surface area (Å²) >= 11 is 0. The third-order valence-corrected chi connectivity index (χ3v) is 5.66. The maximum atomic E-state index is 13.6. The van der Waals surface area contributed by atoms with E-state index in [1.165, 1.54) is 24.1 Å². The van der Waals surface area contributed by atoms with Crippen molar-refractivity contribution in [1.82, 2.24) is 14.5 Å². The van der Waals surface area contributed by atoms with Crippen molar-refractivity contribution in [2.75, 3.05) is 39.2 Å². The molecule has 0 bridgehead atoms. The molecule has 0 radical (unpaired) electrons. The highest BCUT2D eigenvalue weighted by atomic mass is 19.1. The number of rotatable bonds is 10. The Hall–Kier alpha value is -4.50. The number of ether oxygens (including phenoxy) is 2. The van der Waals surface area contributed by atoms with Gasteiger partial charge in [0.2, 0.25) is 11.9 Å². The summed E-state index contributed by atoms with van der Waals surface area (Å²) in [4.78, 5) is 32.2. The Morgan fingerprint density at radius 3 is 2.32 bits per heavy atom. The Bertz CT molecular complexity index is 1340. The van der Waals surface area contributed by atoms with Crippen LogP contribution in [-0.2, 0) is 9.53 Å². The number of carbonyl (C=O) groups excluding carboxylic acids is 2. The first-order valence-corrected chi connectivity index (χ1v) is 11.6. The monoisotopic (exact) mass is 502 g/mol. The van der Waals surface area contributed by atoms with Gasteiger partial charge in [-0.3, -0.25) is 19.5 Å². The van der Waals surface area contributed by atoms with E-state index in [9.17, 15) is 14.0 Å². The van der Waals surface area contributed by atoms with Gasteiger partial charge in [0, 0.05) is 36.7 Å². The summed E-state index contributed by atoms with van der Waals surface area (Å²) in [5.74, 6) is -0.155. The number of imidazole rings is 1. The molecule has 37 heavy (non-hydrogen) atoms. The zero-order chi connectivity index (χ0) is 26.2. The molecule has 0 unspecified atom stereocenters. The molecular formula is C28H27FN4O4. The van der Waals surface area contributed by atoms with Crippen LogP contribution in [0.3, 0.4) is 0 Å². The molecule has 0 aliphatic carbocycles. The minimum Gasteiger partial charge on any atom is -0.497 e. The van der Waals surface area contributed by atoms with Gasteiger partial charge in [0.1, 0.15) is 18.1 Å². The van der Waals surface area contributed by atoms with Gasteiger partial charge in [-0.25, -0.2) is 9.37 Å². The third kappa shape index (κ3) is 6.39. The van der Waals surface area contributed by atoms with Crippen LogP contribution in [0.15, 0.2) is 85.1 Å². The zero-order valence-corrected chi connectivity index (χ0v) is 20.6. The smallest absolute Gasteiger partial charge is 0.254 e. The number of benzene rings is 3. The van der Waals surface area contributed by atoms with Crippen molar-refractivity contribution in [3.63, 3.8) is 0 Å². The van der Waals surface area contributed by atoms with E-state index >= 15 is 0 Å². The van der Waals surface area contributed by atoms with E-state index in [1.807, 2.05) is 30.3 Å². The van der Waals surface area contributed by atoms with E-state index < -0.39 is 5.91 Å². The number of methoxy groups -OCH3 is 2. The molecule has 0 spiro atoms. The van der Waals surface area contributed by atoms with Gasteiger partial charge >= 0.3 is 0 Å². The largest absolute Gasteiger partial charge is 0.497 e. The molecule has 0 atom stereocenters. The number of aromatic nitrogens is 2. The van der Waals surface area contributed by atoms with Crippen LogP contribution in [0.25, 0.3) is 16.9 Å². The second-order valence-electron chi connectivity index (χ2n) is 8.16. The predicted octanol–water partition coefficient (Wildman–Crippen LogP) is 4.41. The maximum Gasteiger partial charge on any atom is 0.254 e. The normalized spacial score (nSPS) is 10.7. The Kier molecular flexibility index (Phi) is 8.27. The summed E-state index contributed by atoms with van der Waals surface area (Å²) in [6, 6.07) is 21.9. The average molecular weight is 503 g/mol. The highest BCUT2D eigenvalue weighted by Crippen LogP contribution is 2.26. The molecule has 2 amide bonds. The summed E-state index contributed by atoms with van der Waals surface area (Å²) in [6.07, 6.45) is 1.75. The van der Waals surface area contributed by atoms with E-state index in [-0.39, 0.29) is 37.4 Å². The van der Waals surface area contributed by atoms with Crippen molar-refractivity contribution in [2.45, 2.75) is 0 Å². The number of hydrogen-bond acceptors (Lipinski definition) is 5. The fourth-order valence-electron chi connectivity index (χ4n) is 3.72. The molecule has 3 aromatic carbocycles. The van der Waals surface area contributed by atoms with E-state index in [1.54, 1.807) is 54.3 Å². The van der Waals surface area contributed by atoms with Crippen LogP contribution in [0.2, 0.25) is 0 Å². The standard InChI is InChI=1S/C28H27FN4O4/c1-36-17-16-32(27(35)21-6-4-3-5-7-21)19-26(34)31-28-30-25(20-8-14-24(37-2)15-9-20)18-33(28)23-12-10-22(29)11-13-23/h3-15,18H,16-17,19H2,1-2H3,(H,30,31,34). The first kappa shape index (κ1) is 25.6. The highest BCUT2D eigenvalue weighted by Gasteiger charge is 2.21. The van der Waals surface area contributed by atoms with Crippen LogP contribution in [0.4, 0.5) is 10.3 Å². The van der Waals surface area contributed by atoms with Gasteiger partial charge in [-0.05, 0) is 60.7 Å². The molecule has 0 aliphatic rings. The lowest BCUT2D eigenvalue weighted by Gasteiger charge is -2.22. The Morgan fingerprint density at radius 2 is 1.68 bits per heavy atom. The van der Waals surface area contributed by atoms with Crippen molar-refractivity contribution in [3.8, 4) is 22.7 Å². The van der Waals surface area contributed by atoms with Gasteiger partial charge in [-0.2, -0.15) is 0 Å². The van der Waals surface area contributed by atoms with Crippen molar-refractivity contribution in [2.24, 2.45) is 0 Å².